The Balaban J connectivity index is 0.00000312. The number of rotatable bonds is 6. The van der Waals surface area contributed by atoms with Crippen LogP contribution in [0.25, 0.3) is 0 Å². The second-order valence-corrected chi connectivity index (χ2v) is 5.87. The van der Waals surface area contributed by atoms with Crippen molar-refractivity contribution in [2.45, 2.75) is 39.5 Å². The summed E-state index contributed by atoms with van der Waals surface area (Å²) in [6.07, 6.45) is 1.95. The Morgan fingerprint density at radius 3 is 2.40 bits per heavy atom. The molecule has 0 aliphatic rings. The third-order valence-electron chi connectivity index (χ3n) is 3.49. The monoisotopic (exact) mass is 454 g/mol. The van der Waals surface area contributed by atoms with Gasteiger partial charge >= 0.3 is 0 Å². The van der Waals surface area contributed by atoms with E-state index in [0.717, 1.165) is 11.5 Å². The molecule has 0 saturated carbocycles. The first kappa shape index (κ1) is 21.2. The highest BCUT2D eigenvalue weighted by Gasteiger charge is 2.07. The first-order valence-electron chi connectivity index (χ1n) is 8.22. The molecule has 0 radical (unpaired) electrons. The van der Waals surface area contributed by atoms with Crippen LogP contribution >= 0.6 is 24.0 Å². The molecule has 0 fully saturated rings. The Morgan fingerprint density at radius 2 is 1.84 bits per heavy atom. The van der Waals surface area contributed by atoms with Crippen molar-refractivity contribution in [1.82, 2.24) is 15.6 Å². The lowest BCUT2D eigenvalue weighted by Gasteiger charge is -2.18. The van der Waals surface area contributed by atoms with Gasteiger partial charge in [-0.15, -0.1) is 24.0 Å². The van der Waals surface area contributed by atoms with Crippen molar-refractivity contribution in [1.29, 1.82) is 0 Å². The number of aliphatic imine (C=N–C) groups is 1. The van der Waals surface area contributed by atoms with Crippen LogP contribution in [-0.2, 0) is 6.54 Å². The summed E-state index contributed by atoms with van der Waals surface area (Å²) < 4.78 is 5.55. The molecule has 0 spiro atoms. The smallest absolute Gasteiger partial charge is 0.213 e. The SMILES string of the molecule is CN=C(NCc1ccc(OC(C)C)nc1)NC(C)c1ccccc1.I. The van der Waals surface area contributed by atoms with Crippen LogP contribution in [0.15, 0.2) is 53.7 Å². The van der Waals surface area contributed by atoms with Crippen LogP contribution in [0.2, 0.25) is 0 Å². The van der Waals surface area contributed by atoms with Gasteiger partial charge < -0.3 is 15.4 Å². The fraction of sp³-hybridized carbons (Fsp3) is 0.368. The normalized spacial score (nSPS) is 12.3. The summed E-state index contributed by atoms with van der Waals surface area (Å²) >= 11 is 0. The third-order valence-corrected chi connectivity index (χ3v) is 3.49. The number of hydrogen-bond donors (Lipinski definition) is 2. The summed E-state index contributed by atoms with van der Waals surface area (Å²) in [5.41, 5.74) is 2.29. The van der Waals surface area contributed by atoms with E-state index in [9.17, 15) is 0 Å². The Labute approximate surface area is 167 Å². The fourth-order valence-electron chi connectivity index (χ4n) is 2.24. The highest BCUT2D eigenvalue weighted by atomic mass is 127. The van der Waals surface area contributed by atoms with Crippen molar-refractivity contribution in [2.75, 3.05) is 7.05 Å². The van der Waals surface area contributed by atoms with Gasteiger partial charge in [0.15, 0.2) is 5.96 Å². The van der Waals surface area contributed by atoms with Gasteiger partial charge in [0.1, 0.15) is 0 Å². The molecular weight excluding hydrogens is 427 g/mol. The predicted molar refractivity (Wildman–Crippen MR) is 114 cm³/mol. The molecule has 1 unspecified atom stereocenters. The summed E-state index contributed by atoms with van der Waals surface area (Å²) in [6.45, 7) is 6.74. The highest BCUT2D eigenvalue weighted by molar-refractivity contribution is 14.0. The molecular formula is C19H27IN4O. The largest absolute Gasteiger partial charge is 0.475 e. The molecule has 0 aliphatic carbocycles. The molecule has 1 aromatic heterocycles. The number of hydrogen-bond acceptors (Lipinski definition) is 3. The minimum Gasteiger partial charge on any atom is -0.475 e. The molecule has 0 bridgehead atoms. The molecule has 1 atom stereocenters. The Bertz CT molecular complexity index is 644. The van der Waals surface area contributed by atoms with Crippen LogP contribution in [0, 0.1) is 0 Å². The lowest BCUT2D eigenvalue weighted by molar-refractivity contribution is 0.232. The van der Waals surface area contributed by atoms with Gasteiger partial charge in [0, 0.05) is 25.9 Å². The van der Waals surface area contributed by atoms with E-state index >= 15 is 0 Å². The molecule has 2 rings (SSSR count). The first-order chi connectivity index (χ1) is 11.6. The average Bonchev–Trinajstić information content (AvgIpc) is 2.60. The van der Waals surface area contributed by atoms with Gasteiger partial charge in [0.25, 0.3) is 0 Å². The zero-order chi connectivity index (χ0) is 17.4. The maximum Gasteiger partial charge on any atom is 0.213 e. The van der Waals surface area contributed by atoms with Crippen molar-refractivity contribution in [3.05, 3.63) is 59.8 Å². The number of guanidine groups is 1. The van der Waals surface area contributed by atoms with Gasteiger partial charge in [0.2, 0.25) is 5.88 Å². The number of nitrogens with zero attached hydrogens (tertiary/aromatic N) is 2. The van der Waals surface area contributed by atoms with E-state index in [0.29, 0.717) is 12.4 Å². The third kappa shape index (κ3) is 7.29. The Morgan fingerprint density at radius 1 is 1.12 bits per heavy atom. The minimum absolute atomic E-state index is 0. The van der Waals surface area contributed by atoms with Gasteiger partial charge in [-0.1, -0.05) is 36.4 Å². The van der Waals surface area contributed by atoms with Crippen molar-refractivity contribution in [3.8, 4) is 5.88 Å². The van der Waals surface area contributed by atoms with Gasteiger partial charge in [-0.05, 0) is 31.9 Å². The maximum absolute atomic E-state index is 5.55. The summed E-state index contributed by atoms with van der Waals surface area (Å²) in [4.78, 5) is 8.58. The zero-order valence-electron chi connectivity index (χ0n) is 15.2. The molecule has 0 saturated heterocycles. The number of halogens is 1. The van der Waals surface area contributed by atoms with Gasteiger partial charge in [-0.25, -0.2) is 4.98 Å². The molecule has 136 valence electrons. The Hall–Kier alpha value is -1.83. The summed E-state index contributed by atoms with van der Waals surface area (Å²) in [5, 5.41) is 6.69. The van der Waals surface area contributed by atoms with E-state index in [2.05, 4.69) is 39.7 Å². The molecule has 0 aliphatic heterocycles. The average molecular weight is 454 g/mol. The first-order valence-corrected chi connectivity index (χ1v) is 8.22. The van der Waals surface area contributed by atoms with E-state index in [1.807, 2.05) is 50.4 Å². The topological polar surface area (TPSA) is 58.5 Å². The number of aromatic nitrogens is 1. The predicted octanol–water partition coefficient (Wildman–Crippen LogP) is 3.91. The van der Waals surface area contributed by atoms with Crippen molar-refractivity contribution in [2.24, 2.45) is 4.99 Å². The second kappa shape index (κ2) is 10.9. The molecule has 1 heterocycles. The fourth-order valence-corrected chi connectivity index (χ4v) is 2.24. The Kier molecular flexibility index (Phi) is 9.26. The van der Waals surface area contributed by atoms with E-state index in [1.165, 1.54) is 5.56 Å². The van der Waals surface area contributed by atoms with E-state index < -0.39 is 0 Å². The summed E-state index contributed by atoms with van der Waals surface area (Å²) in [6, 6.07) is 14.4. The second-order valence-electron chi connectivity index (χ2n) is 5.87. The molecule has 2 N–H and O–H groups in total. The summed E-state index contributed by atoms with van der Waals surface area (Å²) in [7, 11) is 1.77. The summed E-state index contributed by atoms with van der Waals surface area (Å²) in [5.74, 6) is 1.41. The number of nitrogens with one attached hydrogen (secondary N) is 2. The quantitative estimate of drug-likeness (QED) is 0.395. The molecule has 25 heavy (non-hydrogen) atoms. The van der Waals surface area contributed by atoms with Crippen molar-refractivity contribution < 1.29 is 4.74 Å². The van der Waals surface area contributed by atoms with Crippen LogP contribution < -0.4 is 15.4 Å². The lowest BCUT2D eigenvalue weighted by Crippen LogP contribution is -2.38. The van der Waals surface area contributed by atoms with Crippen molar-refractivity contribution in [3.63, 3.8) is 0 Å². The van der Waals surface area contributed by atoms with Crippen LogP contribution in [0.5, 0.6) is 5.88 Å². The van der Waals surface area contributed by atoms with E-state index in [4.69, 9.17) is 4.74 Å². The zero-order valence-corrected chi connectivity index (χ0v) is 17.5. The van der Waals surface area contributed by atoms with E-state index in [-0.39, 0.29) is 36.1 Å². The molecule has 5 nitrogen and oxygen atoms in total. The maximum atomic E-state index is 5.55. The van der Waals surface area contributed by atoms with Crippen LogP contribution in [-0.4, -0.2) is 24.1 Å². The lowest BCUT2D eigenvalue weighted by atomic mass is 10.1. The molecule has 6 heteroatoms. The van der Waals surface area contributed by atoms with E-state index in [1.54, 1.807) is 7.05 Å². The van der Waals surface area contributed by atoms with Crippen LogP contribution in [0.1, 0.15) is 37.9 Å². The number of ether oxygens (including phenoxy) is 1. The van der Waals surface area contributed by atoms with Gasteiger partial charge in [-0.2, -0.15) is 0 Å². The minimum atomic E-state index is 0. The highest BCUT2D eigenvalue weighted by Crippen LogP contribution is 2.11. The van der Waals surface area contributed by atoms with Gasteiger partial charge in [0.05, 0.1) is 12.1 Å². The molecule has 1 aromatic carbocycles. The molecule has 0 amide bonds. The van der Waals surface area contributed by atoms with Crippen LogP contribution in [0.3, 0.4) is 0 Å². The number of benzene rings is 1. The molecule has 2 aromatic rings. The van der Waals surface area contributed by atoms with Crippen LogP contribution in [0.4, 0.5) is 0 Å². The van der Waals surface area contributed by atoms with Crippen molar-refractivity contribution >= 4 is 29.9 Å². The number of pyridine rings is 1. The standard InChI is InChI=1S/C19H26N4O.HI/c1-14(2)24-18-11-10-16(12-21-18)13-22-19(20-4)23-15(3)17-8-6-5-7-9-17;/h5-12,14-15H,13H2,1-4H3,(H2,20,22,23);1H. The van der Waals surface area contributed by atoms with Gasteiger partial charge in [-0.3, -0.25) is 4.99 Å².